The molecule has 9 nitrogen and oxygen atoms in total. The van der Waals surface area contributed by atoms with Crippen LogP contribution in [-0.2, 0) is 11.8 Å². The van der Waals surface area contributed by atoms with Crippen LogP contribution in [0.15, 0.2) is 54.9 Å². The number of carbonyl (C=O) groups is 1. The lowest BCUT2D eigenvalue weighted by Crippen LogP contribution is -2.42. The number of hydrogen-bond acceptors (Lipinski definition) is 5. The molecule has 5 rings (SSSR count). The van der Waals surface area contributed by atoms with Crippen molar-refractivity contribution >= 4 is 23.4 Å². The van der Waals surface area contributed by atoms with Gasteiger partial charge in [0.1, 0.15) is 23.1 Å². The molecule has 0 spiro atoms. The van der Waals surface area contributed by atoms with Crippen LogP contribution < -0.4 is 10.6 Å². The normalized spacial score (nSPS) is 17.4. The summed E-state index contributed by atoms with van der Waals surface area (Å²) in [7, 11) is 3.45. The van der Waals surface area contributed by atoms with Crippen LogP contribution in [0.2, 0.25) is 5.02 Å². The van der Waals surface area contributed by atoms with Gasteiger partial charge in [-0.1, -0.05) is 23.7 Å². The maximum absolute atomic E-state index is 13.9. The summed E-state index contributed by atoms with van der Waals surface area (Å²) in [6.07, 6.45) is 3.50. The summed E-state index contributed by atoms with van der Waals surface area (Å²) in [4.78, 5) is 15.7. The molecule has 1 aliphatic rings. The summed E-state index contributed by atoms with van der Waals surface area (Å²) < 4.78 is 36.0. The maximum Gasteiger partial charge on any atom is 0.320 e. The molecule has 1 fully saturated rings. The zero-order chi connectivity index (χ0) is 28.4. The Hall–Kier alpha value is -3.80. The van der Waals surface area contributed by atoms with Crippen LogP contribution in [0.4, 0.5) is 19.4 Å². The largest absolute Gasteiger partial charge is 0.383 e. The number of hydrogen-bond donors (Lipinski definition) is 2. The van der Waals surface area contributed by atoms with E-state index in [4.69, 9.17) is 21.4 Å². The molecule has 2 N–H and O–H groups in total. The minimum atomic E-state index is -0.555. The number of aromatic nitrogens is 4. The third-order valence-corrected chi connectivity index (χ3v) is 7.39. The van der Waals surface area contributed by atoms with Crippen molar-refractivity contribution < 1.29 is 18.3 Å². The van der Waals surface area contributed by atoms with Gasteiger partial charge in [-0.15, -0.1) is 0 Å². The standard InChI is InChI=1S/C28H30ClF2N7O2/c1-17-26(19-13-32-36(2)14-19)35-38(21-8-9-24(31)23(29)12-21)27(17)34-28(39)33-25-16-37(10-11-40-3)15-22(25)18-4-6-20(30)7-5-18/h4-9,12-14,22,25H,10-11,15-16H2,1-3H3,(H2,33,34,39)/t22-,25+/m0/s1. The first-order chi connectivity index (χ1) is 19.2. The lowest BCUT2D eigenvalue weighted by atomic mass is 9.94. The number of likely N-dealkylation sites (tertiary alicyclic amines) is 1. The van der Waals surface area contributed by atoms with Gasteiger partial charge in [0.2, 0.25) is 0 Å². The van der Waals surface area contributed by atoms with Gasteiger partial charge in [-0.05, 0) is 42.8 Å². The average Bonchev–Trinajstić information content (AvgIpc) is 3.62. The molecule has 40 heavy (non-hydrogen) atoms. The van der Waals surface area contributed by atoms with Gasteiger partial charge < -0.3 is 10.1 Å². The molecule has 0 saturated carbocycles. The number of rotatable bonds is 8. The Morgan fingerprint density at radius 3 is 2.62 bits per heavy atom. The van der Waals surface area contributed by atoms with Gasteiger partial charge in [0, 0.05) is 57.0 Å². The van der Waals surface area contributed by atoms with E-state index in [1.54, 1.807) is 43.2 Å². The van der Waals surface area contributed by atoms with Gasteiger partial charge in [-0.3, -0.25) is 14.9 Å². The average molecular weight is 570 g/mol. The Labute approximate surface area is 235 Å². The third kappa shape index (κ3) is 5.86. The number of ether oxygens (including phenoxy) is 1. The van der Waals surface area contributed by atoms with Gasteiger partial charge >= 0.3 is 6.03 Å². The number of halogens is 3. The van der Waals surface area contributed by atoms with E-state index < -0.39 is 11.8 Å². The highest BCUT2D eigenvalue weighted by atomic mass is 35.5. The summed E-state index contributed by atoms with van der Waals surface area (Å²) in [5.41, 5.74) is 3.49. The molecule has 0 radical (unpaired) electrons. The molecule has 2 aromatic carbocycles. The fourth-order valence-electron chi connectivity index (χ4n) is 5.06. The van der Waals surface area contributed by atoms with E-state index in [1.165, 1.54) is 28.9 Å². The van der Waals surface area contributed by atoms with Crippen LogP contribution in [-0.4, -0.2) is 69.9 Å². The summed E-state index contributed by atoms with van der Waals surface area (Å²) in [5, 5.41) is 15.0. The number of carbonyl (C=O) groups excluding carboxylic acids is 1. The molecule has 4 aromatic rings. The van der Waals surface area contributed by atoms with Gasteiger partial charge in [-0.2, -0.15) is 10.2 Å². The molecule has 2 amide bonds. The predicted molar refractivity (Wildman–Crippen MR) is 149 cm³/mol. The molecule has 1 aliphatic heterocycles. The Kier molecular flexibility index (Phi) is 8.15. The number of amides is 2. The third-order valence-electron chi connectivity index (χ3n) is 7.10. The zero-order valence-electron chi connectivity index (χ0n) is 22.4. The number of nitrogens with one attached hydrogen (secondary N) is 2. The Morgan fingerprint density at radius 2 is 1.95 bits per heavy atom. The quantitative estimate of drug-likeness (QED) is 0.320. The van der Waals surface area contributed by atoms with E-state index in [1.807, 2.05) is 13.1 Å². The first-order valence-electron chi connectivity index (χ1n) is 12.8. The Balaban J connectivity index is 1.43. The second-order valence-corrected chi connectivity index (χ2v) is 10.3. The van der Waals surface area contributed by atoms with Crippen LogP contribution >= 0.6 is 11.6 Å². The van der Waals surface area contributed by atoms with Crippen LogP contribution in [0.1, 0.15) is 17.0 Å². The van der Waals surface area contributed by atoms with Crippen molar-refractivity contribution in [3.05, 3.63) is 82.6 Å². The number of methoxy groups -OCH3 is 1. The highest BCUT2D eigenvalue weighted by Gasteiger charge is 2.35. The van der Waals surface area contributed by atoms with E-state index in [-0.39, 0.29) is 22.8 Å². The van der Waals surface area contributed by atoms with E-state index in [0.29, 0.717) is 49.0 Å². The lowest BCUT2D eigenvalue weighted by Gasteiger charge is -2.21. The first kappa shape index (κ1) is 27.8. The SMILES string of the molecule is COCCN1C[C@@H](NC(=O)Nc2c(C)c(-c3cnn(C)c3)nn2-c2ccc(F)c(Cl)c2)[C@H](c2ccc(F)cc2)C1. The molecule has 12 heteroatoms. The molecule has 1 saturated heterocycles. The molecule has 0 aliphatic carbocycles. The summed E-state index contributed by atoms with van der Waals surface area (Å²) in [5.74, 6) is -0.503. The minimum absolute atomic E-state index is 0.0453. The highest BCUT2D eigenvalue weighted by molar-refractivity contribution is 6.30. The van der Waals surface area contributed by atoms with Crippen LogP contribution in [0, 0.1) is 18.6 Å². The predicted octanol–water partition coefficient (Wildman–Crippen LogP) is 4.75. The Bertz CT molecular complexity index is 1510. The fourth-order valence-corrected chi connectivity index (χ4v) is 5.23. The van der Waals surface area contributed by atoms with Gasteiger partial charge in [0.15, 0.2) is 0 Å². The summed E-state index contributed by atoms with van der Waals surface area (Å²) in [6.45, 7) is 4.40. The first-order valence-corrected chi connectivity index (χ1v) is 13.2. The molecule has 0 bridgehead atoms. The van der Waals surface area contributed by atoms with Crippen molar-refractivity contribution in [2.24, 2.45) is 7.05 Å². The monoisotopic (exact) mass is 569 g/mol. The topological polar surface area (TPSA) is 89.2 Å². The molecular formula is C28H30ClF2N7O2. The molecule has 0 unspecified atom stereocenters. The molecule has 2 aromatic heterocycles. The van der Waals surface area contributed by atoms with Crippen molar-refractivity contribution in [2.75, 3.05) is 38.7 Å². The zero-order valence-corrected chi connectivity index (χ0v) is 23.1. The number of aryl methyl sites for hydroxylation is 1. The van der Waals surface area contributed by atoms with E-state index in [2.05, 4.69) is 20.6 Å². The summed E-state index contributed by atoms with van der Waals surface area (Å²) in [6, 6.07) is 9.95. The smallest absolute Gasteiger partial charge is 0.320 e. The second-order valence-electron chi connectivity index (χ2n) is 9.85. The van der Waals surface area contributed by atoms with Gasteiger partial charge in [-0.25, -0.2) is 18.3 Å². The molecule has 2 atom stereocenters. The van der Waals surface area contributed by atoms with Crippen molar-refractivity contribution in [1.82, 2.24) is 29.8 Å². The number of anilines is 1. The highest BCUT2D eigenvalue weighted by Crippen LogP contribution is 2.32. The second kappa shape index (κ2) is 11.7. The number of urea groups is 1. The molecular weight excluding hydrogens is 540 g/mol. The minimum Gasteiger partial charge on any atom is -0.383 e. The van der Waals surface area contributed by atoms with Crippen LogP contribution in [0.25, 0.3) is 16.9 Å². The van der Waals surface area contributed by atoms with Crippen molar-refractivity contribution in [1.29, 1.82) is 0 Å². The molecule has 3 heterocycles. The van der Waals surface area contributed by atoms with Gasteiger partial charge in [0.25, 0.3) is 0 Å². The lowest BCUT2D eigenvalue weighted by molar-refractivity contribution is 0.159. The van der Waals surface area contributed by atoms with Crippen LogP contribution in [0.5, 0.6) is 0 Å². The van der Waals surface area contributed by atoms with E-state index >= 15 is 0 Å². The summed E-state index contributed by atoms with van der Waals surface area (Å²) >= 11 is 6.07. The van der Waals surface area contributed by atoms with Crippen molar-refractivity contribution in [3.63, 3.8) is 0 Å². The van der Waals surface area contributed by atoms with Crippen molar-refractivity contribution in [2.45, 2.75) is 18.9 Å². The molecule has 210 valence electrons. The maximum atomic E-state index is 13.9. The van der Waals surface area contributed by atoms with E-state index in [9.17, 15) is 13.6 Å². The van der Waals surface area contributed by atoms with Crippen LogP contribution in [0.3, 0.4) is 0 Å². The Morgan fingerprint density at radius 1 is 1.18 bits per heavy atom. The van der Waals surface area contributed by atoms with Gasteiger partial charge in [0.05, 0.1) is 29.6 Å². The number of nitrogens with zero attached hydrogens (tertiary/aromatic N) is 5. The number of benzene rings is 2. The van der Waals surface area contributed by atoms with E-state index in [0.717, 1.165) is 11.1 Å². The van der Waals surface area contributed by atoms with Crippen molar-refractivity contribution in [3.8, 4) is 16.9 Å². The fraction of sp³-hybridized carbons (Fsp3) is 0.321.